The first-order chi connectivity index (χ1) is 8.79. The van der Waals surface area contributed by atoms with E-state index in [0.717, 1.165) is 24.2 Å². The zero-order valence-electron chi connectivity index (χ0n) is 11.2. The van der Waals surface area contributed by atoms with E-state index in [1.165, 1.54) is 36.8 Å². The highest BCUT2D eigenvalue weighted by atomic mass is 15.2. The average Bonchev–Trinajstić information content (AvgIpc) is 3.10. The molecule has 3 unspecified atom stereocenters. The minimum Gasteiger partial charge on any atom is -0.271 e. The molecule has 3 N–H and O–H groups in total. The monoisotopic (exact) mass is 244 g/mol. The van der Waals surface area contributed by atoms with E-state index in [4.69, 9.17) is 5.84 Å². The van der Waals surface area contributed by atoms with Crippen LogP contribution in [0.15, 0.2) is 24.3 Å². The predicted octanol–water partition coefficient (Wildman–Crippen LogP) is 2.81. The Hall–Kier alpha value is -0.860. The third kappa shape index (κ3) is 2.32. The van der Waals surface area contributed by atoms with Crippen molar-refractivity contribution in [3.63, 3.8) is 0 Å². The molecule has 2 saturated carbocycles. The van der Waals surface area contributed by atoms with Crippen LogP contribution < -0.4 is 11.3 Å². The molecule has 0 spiro atoms. The number of hydrogen-bond acceptors (Lipinski definition) is 2. The Morgan fingerprint density at radius 2 is 2.00 bits per heavy atom. The van der Waals surface area contributed by atoms with Crippen LogP contribution in [-0.4, -0.2) is 6.04 Å². The van der Waals surface area contributed by atoms with E-state index in [2.05, 4.69) is 36.6 Å². The highest BCUT2D eigenvalue weighted by Gasteiger charge is 2.53. The van der Waals surface area contributed by atoms with Crippen molar-refractivity contribution < 1.29 is 0 Å². The first-order valence-electron chi connectivity index (χ1n) is 7.31. The zero-order chi connectivity index (χ0) is 12.5. The number of rotatable bonds is 4. The molecule has 0 heterocycles. The fraction of sp³-hybridized carbons (Fsp3) is 0.625. The van der Waals surface area contributed by atoms with Gasteiger partial charge in [0.2, 0.25) is 0 Å². The molecule has 0 saturated heterocycles. The third-order valence-corrected chi connectivity index (χ3v) is 4.94. The van der Waals surface area contributed by atoms with Crippen molar-refractivity contribution in [2.45, 2.75) is 45.1 Å². The van der Waals surface area contributed by atoms with Crippen LogP contribution in [0.4, 0.5) is 0 Å². The molecule has 0 amide bonds. The molecule has 0 bridgehead atoms. The molecular formula is C16H24N2. The molecule has 3 rings (SSSR count). The van der Waals surface area contributed by atoms with Crippen molar-refractivity contribution in [1.29, 1.82) is 0 Å². The van der Waals surface area contributed by atoms with Gasteiger partial charge < -0.3 is 0 Å². The lowest BCUT2D eigenvalue weighted by atomic mass is 9.99. The van der Waals surface area contributed by atoms with Crippen LogP contribution in [0.3, 0.4) is 0 Å². The molecule has 98 valence electrons. The lowest BCUT2D eigenvalue weighted by molar-refractivity contribution is 0.437. The third-order valence-electron chi connectivity index (χ3n) is 4.94. The summed E-state index contributed by atoms with van der Waals surface area (Å²) in [6, 6.07) is 9.29. The Labute approximate surface area is 110 Å². The molecule has 2 aliphatic rings. The summed E-state index contributed by atoms with van der Waals surface area (Å²) in [5.41, 5.74) is 5.85. The number of hydrogen-bond donors (Lipinski definition) is 2. The van der Waals surface area contributed by atoms with Crippen molar-refractivity contribution in [2.24, 2.45) is 23.6 Å². The van der Waals surface area contributed by atoms with Crippen LogP contribution in [0.1, 0.15) is 36.8 Å². The van der Waals surface area contributed by atoms with Gasteiger partial charge in [0.05, 0.1) is 0 Å². The maximum atomic E-state index is 5.80. The van der Waals surface area contributed by atoms with Gasteiger partial charge in [-0.2, -0.15) is 0 Å². The molecule has 0 radical (unpaired) electrons. The van der Waals surface area contributed by atoms with Crippen LogP contribution >= 0.6 is 0 Å². The standard InChI is InChI=1S/C16H24N2/c1-11-5-4-6-12(9-11)10-15(18-17)16-13-7-2-3-8-14(13)16/h4-6,9,13-16,18H,2-3,7-8,10,17H2,1H3. The molecule has 0 aromatic heterocycles. The lowest BCUT2D eigenvalue weighted by Gasteiger charge is -2.16. The fourth-order valence-corrected chi connectivity index (χ4v) is 4.04. The maximum Gasteiger partial charge on any atom is 0.0284 e. The quantitative estimate of drug-likeness (QED) is 0.631. The minimum atomic E-state index is 0.472. The van der Waals surface area contributed by atoms with Gasteiger partial charge in [-0.3, -0.25) is 11.3 Å². The van der Waals surface area contributed by atoms with Gasteiger partial charge in [0.25, 0.3) is 0 Å². The second-order valence-corrected chi connectivity index (χ2v) is 6.16. The second-order valence-electron chi connectivity index (χ2n) is 6.16. The van der Waals surface area contributed by atoms with E-state index in [0.29, 0.717) is 6.04 Å². The van der Waals surface area contributed by atoms with Gasteiger partial charge in [-0.15, -0.1) is 0 Å². The highest BCUT2D eigenvalue weighted by Crippen LogP contribution is 2.57. The molecule has 1 aromatic carbocycles. The summed E-state index contributed by atoms with van der Waals surface area (Å²) < 4.78 is 0. The number of nitrogens with one attached hydrogen (secondary N) is 1. The van der Waals surface area contributed by atoms with Crippen molar-refractivity contribution in [3.8, 4) is 0 Å². The van der Waals surface area contributed by atoms with Crippen molar-refractivity contribution in [2.75, 3.05) is 0 Å². The number of nitrogens with two attached hydrogens (primary N) is 1. The summed E-state index contributed by atoms with van der Waals surface area (Å²) in [6.07, 6.45) is 6.80. The minimum absolute atomic E-state index is 0.472. The molecule has 18 heavy (non-hydrogen) atoms. The van der Waals surface area contributed by atoms with Crippen molar-refractivity contribution in [3.05, 3.63) is 35.4 Å². The normalized spacial score (nSPS) is 31.8. The van der Waals surface area contributed by atoms with Crippen molar-refractivity contribution >= 4 is 0 Å². The van der Waals surface area contributed by atoms with Crippen LogP contribution in [0.25, 0.3) is 0 Å². The molecule has 1 aromatic rings. The average molecular weight is 244 g/mol. The van der Waals surface area contributed by atoms with Crippen LogP contribution in [-0.2, 0) is 6.42 Å². The van der Waals surface area contributed by atoms with Crippen LogP contribution in [0.5, 0.6) is 0 Å². The molecule has 2 nitrogen and oxygen atoms in total. The Morgan fingerprint density at radius 1 is 1.28 bits per heavy atom. The largest absolute Gasteiger partial charge is 0.271 e. The first-order valence-corrected chi connectivity index (χ1v) is 7.31. The smallest absolute Gasteiger partial charge is 0.0284 e. The van der Waals surface area contributed by atoms with Gasteiger partial charge in [-0.05, 0) is 49.5 Å². The van der Waals surface area contributed by atoms with Crippen LogP contribution in [0.2, 0.25) is 0 Å². The molecular weight excluding hydrogens is 220 g/mol. The second kappa shape index (κ2) is 5.02. The van der Waals surface area contributed by atoms with E-state index in [1.807, 2.05) is 0 Å². The van der Waals surface area contributed by atoms with Gasteiger partial charge in [0.1, 0.15) is 0 Å². The summed E-state index contributed by atoms with van der Waals surface area (Å²) >= 11 is 0. The van der Waals surface area contributed by atoms with E-state index >= 15 is 0 Å². The fourth-order valence-electron chi connectivity index (χ4n) is 4.04. The molecule has 2 aliphatic carbocycles. The Balaban J connectivity index is 1.66. The van der Waals surface area contributed by atoms with E-state index in [9.17, 15) is 0 Å². The summed E-state index contributed by atoms with van der Waals surface area (Å²) in [7, 11) is 0. The van der Waals surface area contributed by atoms with Crippen LogP contribution in [0, 0.1) is 24.7 Å². The summed E-state index contributed by atoms with van der Waals surface area (Å²) in [4.78, 5) is 0. The summed E-state index contributed by atoms with van der Waals surface area (Å²) in [6.45, 7) is 2.16. The van der Waals surface area contributed by atoms with E-state index in [-0.39, 0.29) is 0 Å². The van der Waals surface area contributed by atoms with Gasteiger partial charge in [0, 0.05) is 6.04 Å². The Morgan fingerprint density at radius 3 is 2.61 bits per heavy atom. The zero-order valence-corrected chi connectivity index (χ0v) is 11.2. The Bertz CT molecular complexity index is 403. The number of hydrazine groups is 1. The number of benzene rings is 1. The number of aryl methyl sites for hydroxylation is 1. The van der Waals surface area contributed by atoms with E-state index < -0.39 is 0 Å². The maximum absolute atomic E-state index is 5.80. The Kier molecular flexibility index (Phi) is 3.40. The lowest BCUT2D eigenvalue weighted by Crippen LogP contribution is -2.39. The van der Waals surface area contributed by atoms with Gasteiger partial charge >= 0.3 is 0 Å². The topological polar surface area (TPSA) is 38.0 Å². The summed E-state index contributed by atoms with van der Waals surface area (Å²) in [5.74, 6) is 8.56. The molecule has 2 fully saturated rings. The van der Waals surface area contributed by atoms with Crippen molar-refractivity contribution in [1.82, 2.24) is 5.43 Å². The number of fused-ring (bicyclic) bond motifs is 1. The van der Waals surface area contributed by atoms with E-state index in [1.54, 1.807) is 0 Å². The summed E-state index contributed by atoms with van der Waals surface area (Å²) in [5, 5.41) is 0. The SMILES string of the molecule is Cc1cccc(CC(NN)C2C3CCCCC32)c1. The molecule has 0 aliphatic heterocycles. The van der Waals surface area contributed by atoms with Gasteiger partial charge in [-0.1, -0.05) is 42.7 Å². The first kappa shape index (κ1) is 12.2. The molecule has 2 heteroatoms. The highest BCUT2D eigenvalue weighted by molar-refractivity contribution is 5.24. The predicted molar refractivity (Wildman–Crippen MR) is 74.9 cm³/mol. The molecule has 3 atom stereocenters. The van der Waals surface area contributed by atoms with Gasteiger partial charge in [-0.25, -0.2) is 0 Å². The van der Waals surface area contributed by atoms with Gasteiger partial charge in [0.15, 0.2) is 0 Å².